The van der Waals surface area contributed by atoms with Crippen LogP contribution in [0.4, 0.5) is 4.79 Å². The molecule has 0 unspecified atom stereocenters. The second-order valence-electron chi connectivity index (χ2n) is 7.17. The number of hydrogen-bond acceptors (Lipinski definition) is 5. The molecule has 2 N–H and O–H groups in total. The van der Waals surface area contributed by atoms with E-state index in [1.54, 1.807) is 34.0 Å². The monoisotopic (exact) mass is 384 g/mol. The number of imide groups is 1. The highest BCUT2D eigenvalue weighted by Crippen LogP contribution is 2.22. The molecule has 0 spiro atoms. The van der Waals surface area contributed by atoms with E-state index in [1.807, 2.05) is 36.4 Å². The zero-order valence-electron chi connectivity index (χ0n) is 16.4. The van der Waals surface area contributed by atoms with Crippen LogP contribution in [0.25, 0.3) is 16.8 Å². The first-order valence-corrected chi connectivity index (χ1v) is 8.71. The Kier molecular flexibility index (Phi) is 6.76. The average molecular weight is 384 g/mol. The lowest BCUT2D eigenvalue weighted by molar-refractivity contribution is -0.143. The molecule has 0 aromatic heterocycles. The van der Waals surface area contributed by atoms with Gasteiger partial charge in [0.2, 0.25) is 0 Å². The van der Waals surface area contributed by atoms with Gasteiger partial charge in [0, 0.05) is 11.6 Å². The molecule has 148 valence electrons. The quantitative estimate of drug-likeness (QED) is 0.610. The second kappa shape index (κ2) is 9.03. The number of carbonyl (C=O) groups is 3. The van der Waals surface area contributed by atoms with Gasteiger partial charge in [-0.1, -0.05) is 18.2 Å². The van der Waals surface area contributed by atoms with E-state index in [2.05, 4.69) is 10.6 Å². The summed E-state index contributed by atoms with van der Waals surface area (Å²) in [6.45, 7) is 4.81. The van der Waals surface area contributed by atoms with E-state index in [0.717, 1.165) is 22.1 Å². The van der Waals surface area contributed by atoms with Gasteiger partial charge in [-0.3, -0.25) is 10.1 Å². The van der Waals surface area contributed by atoms with Gasteiger partial charge in [-0.15, -0.1) is 0 Å². The van der Waals surface area contributed by atoms with Gasteiger partial charge in [0.1, 0.15) is 5.75 Å². The Morgan fingerprint density at radius 2 is 1.71 bits per heavy atom. The first kappa shape index (κ1) is 21.0. The lowest BCUT2D eigenvalue weighted by Gasteiger charge is -2.20. The molecule has 28 heavy (non-hydrogen) atoms. The molecule has 0 heterocycles. The summed E-state index contributed by atoms with van der Waals surface area (Å²) in [7, 11) is 1.61. The van der Waals surface area contributed by atoms with Gasteiger partial charge in [0.05, 0.1) is 7.11 Å². The fourth-order valence-corrected chi connectivity index (χ4v) is 2.36. The van der Waals surface area contributed by atoms with Crippen molar-refractivity contribution in [1.29, 1.82) is 0 Å². The number of ether oxygens (including phenoxy) is 2. The van der Waals surface area contributed by atoms with E-state index in [-0.39, 0.29) is 0 Å². The van der Waals surface area contributed by atoms with Gasteiger partial charge in [0.15, 0.2) is 6.61 Å². The van der Waals surface area contributed by atoms with Crippen molar-refractivity contribution in [2.24, 2.45) is 0 Å². The molecule has 7 heteroatoms. The van der Waals surface area contributed by atoms with Crippen molar-refractivity contribution in [3.05, 3.63) is 48.0 Å². The lowest BCUT2D eigenvalue weighted by Crippen LogP contribution is -2.49. The van der Waals surface area contributed by atoms with Crippen LogP contribution in [0.1, 0.15) is 26.3 Å². The van der Waals surface area contributed by atoms with Gasteiger partial charge in [0.25, 0.3) is 5.91 Å². The summed E-state index contributed by atoms with van der Waals surface area (Å²) >= 11 is 0. The number of rotatable bonds is 5. The minimum Gasteiger partial charge on any atom is -0.497 e. The van der Waals surface area contributed by atoms with E-state index in [4.69, 9.17) is 9.47 Å². The Bertz CT molecular complexity index is 913. The number of methoxy groups -OCH3 is 1. The number of hydrogen-bond donors (Lipinski definition) is 2. The molecule has 0 bridgehead atoms. The number of nitrogens with one attached hydrogen (secondary N) is 2. The molecule has 0 saturated carbocycles. The molecule has 2 rings (SSSR count). The molecule has 0 aliphatic carbocycles. The summed E-state index contributed by atoms with van der Waals surface area (Å²) in [4.78, 5) is 35.0. The number of fused-ring (bicyclic) bond motifs is 1. The minimum absolute atomic E-state index is 0.477. The molecule has 0 atom stereocenters. The molecule has 7 nitrogen and oxygen atoms in total. The Hall–Kier alpha value is -3.35. The van der Waals surface area contributed by atoms with E-state index >= 15 is 0 Å². The van der Waals surface area contributed by atoms with Crippen molar-refractivity contribution in [1.82, 2.24) is 10.6 Å². The third kappa shape index (κ3) is 6.75. The first-order valence-electron chi connectivity index (χ1n) is 8.71. The molecule has 0 aliphatic rings. The molecular formula is C21H24N2O5. The fourth-order valence-electron chi connectivity index (χ4n) is 2.36. The van der Waals surface area contributed by atoms with Crippen LogP contribution in [-0.2, 0) is 14.3 Å². The number of benzene rings is 2. The molecule has 0 saturated heterocycles. The highest BCUT2D eigenvalue weighted by atomic mass is 16.5. The fraction of sp³-hybridized carbons (Fsp3) is 0.286. The van der Waals surface area contributed by atoms with Crippen LogP contribution >= 0.6 is 0 Å². The molecule has 2 aromatic carbocycles. The lowest BCUT2D eigenvalue weighted by atomic mass is 10.1. The maximum atomic E-state index is 11.8. The molecule has 0 fully saturated rings. The number of amides is 3. The predicted octanol–water partition coefficient (Wildman–Crippen LogP) is 3.03. The van der Waals surface area contributed by atoms with Crippen molar-refractivity contribution >= 4 is 34.8 Å². The van der Waals surface area contributed by atoms with Gasteiger partial charge in [-0.05, 0) is 61.4 Å². The largest absolute Gasteiger partial charge is 0.497 e. The zero-order valence-corrected chi connectivity index (χ0v) is 16.4. The van der Waals surface area contributed by atoms with Crippen LogP contribution in [0.15, 0.2) is 42.5 Å². The number of carbonyl (C=O) groups excluding carboxylic acids is 3. The van der Waals surface area contributed by atoms with Gasteiger partial charge >= 0.3 is 12.0 Å². The van der Waals surface area contributed by atoms with Crippen molar-refractivity contribution in [3.63, 3.8) is 0 Å². The maximum absolute atomic E-state index is 11.8. The Morgan fingerprint density at radius 1 is 1.04 bits per heavy atom. The number of esters is 1. The molecule has 0 aliphatic heterocycles. The van der Waals surface area contributed by atoms with Crippen LogP contribution < -0.4 is 15.4 Å². The molecular weight excluding hydrogens is 360 g/mol. The van der Waals surface area contributed by atoms with E-state index in [9.17, 15) is 14.4 Å². The predicted molar refractivity (Wildman–Crippen MR) is 107 cm³/mol. The van der Waals surface area contributed by atoms with Crippen LogP contribution in [-0.4, -0.2) is 37.2 Å². The second-order valence-corrected chi connectivity index (χ2v) is 7.17. The number of urea groups is 1. The molecule has 2 aromatic rings. The standard InChI is InChI=1S/C21H24N2O5/c1-21(2,3)23-20(26)22-18(24)13-28-19(25)10-6-14-5-7-16-12-17(27-4)9-8-15(16)11-14/h5-12H,13H2,1-4H3,(H2,22,23,24,26)/b10-6+. The SMILES string of the molecule is COc1ccc2cc(/C=C/C(=O)OCC(=O)NC(=O)NC(C)(C)C)ccc2c1. The smallest absolute Gasteiger partial charge is 0.331 e. The third-order valence-electron chi connectivity index (χ3n) is 3.57. The zero-order chi connectivity index (χ0) is 20.7. The minimum atomic E-state index is -0.705. The summed E-state index contributed by atoms with van der Waals surface area (Å²) in [5.41, 5.74) is 0.331. The van der Waals surface area contributed by atoms with Crippen LogP contribution in [0.5, 0.6) is 5.75 Å². The van der Waals surface area contributed by atoms with Crippen LogP contribution in [0, 0.1) is 0 Å². The van der Waals surface area contributed by atoms with Crippen LogP contribution in [0.3, 0.4) is 0 Å². The Balaban J connectivity index is 1.87. The highest BCUT2D eigenvalue weighted by Gasteiger charge is 2.16. The van der Waals surface area contributed by atoms with E-state index in [1.165, 1.54) is 6.08 Å². The first-order chi connectivity index (χ1) is 13.2. The average Bonchev–Trinajstić information content (AvgIpc) is 2.62. The normalized spacial score (nSPS) is 11.3. The topological polar surface area (TPSA) is 93.7 Å². The summed E-state index contributed by atoms with van der Waals surface area (Å²) in [6, 6.07) is 10.8. The van der Waals surface area contributed by atoms with E-state index < -0.39 is 30.1 Å². The third-order valence-corrected chi connectivity index (χ3v) is 3.57. The van der Waals surface area contributed by atoms with Crippen molar-refractivity contribution in [3.8, 4) is 5.75 Å². The van der Waals surface area contributed by atoms with Crippen molar-refractivity contribution in [2.75, 3.05) is 13.7 Å². The molecule has 0 radical (unpaired) electrons. The summed E-state index contributed by atoms with van der Waals surface area (Å²) < 4.78 is 10.0. The van der Waals surface area contributed by atoms with E-state index in [0.29, 0.717) is 0 Å². The summed E-state index contributed by atoms with van der Waals surface area (Å²) in [5.74, 6) is -0.613. The van der Waals surface area contributed by atoms with Crippen molar-refractivity contribution in [2.45, 2.75) is 26.3 Å². The summed E-state index contributed by atoms with van der Waals surface area (Å²) in [6.07, 6.45) is 2.82. The van der Waals surface area contributed by atoms with Gasteiger partial charge in [-0.25, -0.2) is 9.59 Å². The van der Waals surface area contributed by atoms with Gasteiger partial charge in [-0.2, -0.15) is 0 Å². The Labute approximate surface area is 163 Å². The molecule has 3 amide bonds. The highest BCUT2D eigenvalue weighted by molar-refractivity contribution is 5.97. The maximum Gasteiger partial charge on any atom is 0.331 e. The van der Waals surface area contributed by atoms with Crippen molar-refractivity contribution < 1.29 is 23.9 Å². The Morgan fingerprint density at radius 3 is 2.39 bits per heavy atom. The van der Waals surface area contributed by atoms with Gasteiger partial charge < -0.3 is 14.8 Å². The summed E-state index contributed by atoms with van der Waals surface area (Å²) in [5, 5.41) is 6.69. The van der Waals surface area contributed by atoms with Crippen LogP contribution in [0.2, 0.25) is 0 Å².